The number of hydrogen-bond acceptors (Lipinski definition) is 5. The summed E-state index contributed by atoms with van der Waals surface area (Å²) in [4.78, 5) is 26.7. The number of aryl methyl sites for hydroxylation is 1. The lowest BCUT2D eigenvalue weighted by molar-refractivity contribution is -0.192. The second-order valence-electron chi connectivity index (χ2n) is 11.2. The molecule has 0 radical (unpaired) electrons. The Morgan fingerprint density at radius 1 is 1.02 bits per heavy atom. The predicted octanol–water partition coefficient (Wildman–Crippen LogP) is 5.30. The Labute approximate surface area is 240 Å². The van der Waals surface area contributed by atoms with Crippen LogP contribution in [0.3, 0.4) is 0 Å². The smallest absolute Gasteiger partial charge is 0.475 e. The van der Waals surface area contributed by atoms with Crippen molar-refractivity contribution in [2.24, 2.45) is 0 Å². The van der Waals surface area contributed by atoms with Crippen molar-refractivity contribution in [3.05, 3.63) is 77.4 Å². The predicted molar refractivity (Wildman–Crippen MR) is 154 cm³/mol. The van der Waals surface area contributed by atoms with E-state index in [0.717, 1.165) is 66.0 Å². The third-order valence-electron chi connectivity index (χ3n) is 8.51. The van der Waals surface area contributed by atoms with Crippen LogP contribution in [-0.4, -0.2) is 71.5 Å². The van der Waals surface area contributed by atoms with Crippen molar-refractivity contribution in [1.82, 2.24) is 15.1 Å². The van der Waals surface area contributed by atoms with Gasteiger partial charge in [-0.05, 0) is 55.8 Å². The molecule has 3 heterocycles. The number of anilines is 2. The fraction of sp³-hybridized carbons (Fsp3) is 0.323. The summed E-state index contributed by atoms with van der Waals surface area (Å²) in [7, 11) is 2.18. The maximum atomic E-state index is 13.0. The molecular weight excluding hydrogens is 547 g/mol. The van der Waals surface area contributed by atoms with Crippen molar-refractivity contribution >= 4 is 34.2 Å². The monoisotopic (exact) mass is 577 g/mol. The summed E-state index contributed by atoms with van der Waals surface area (Å²) >= 11 is 0. The molecule has 2 aliphatic heterocycles. The number of carboxylic acids is 1. The molecule has 11 heteroatoms. The van der Waals surface area contributed by atoms with Gasteiger partial charge in [0.15, 0.2) is 0 Å². The first-order valence-electron chi connectivity index (χ1n) is 13.7. The molecule has 8 nitrogen and oxygen atoms in total. The number of piperazine rings is 1. The number of likely N-dealkylation sites (N-methyl/N-ethyl adjacent to an activating group) is 1. The van der Waals surface area contributed by atoms with Gasteiger partial charge in [0.1, 0.15) is 0 Å². The molecule has 1 amide bonds. The van der Waals surface area contributed by atoms with E-state index in [-0.39, 0.29) is 11.8 Å². The van der Waals surface area contributed by atoms with Crippen LogP contribution in [0.15, 0.2) is 60.7 Å². The van der Waals surface area contributed by atoms with Crippen LogP contribution >= 0.6 is 0 Å². The zero-order valence-electron chi connectivity index (χ0n) is 23.1. The minimum absolute atomic E-state index is 0.133. The van der Waals surface area contributed by atoms with Crippen molar-refractivity contribution in [3.63, 3.8) is 0 Å². The van der Waals surface area contributed by atoms with Crippen LogP contribution in [0.25, 0.3) is 22.2 Å². The SMILES string of the molecule is Cc1ccc2c(c1)C1(CC1c1ccc3c(-c4ccc(N5CCN(C)CC5)cc4)n[nH]c3c1)C(=O)N2.O=C(O)C(F)(F)F. The number of H-pyrrole nitrogens is 1. The minimum Gasteiger partial charge on any atom is -0.475 e. The number of benzene rings is 3. The van der Waals surface area contributed by atoms with Gasteiger partial charge in [-0.1, -0.05) is 42.0 Å². The van der Waals surface area contributed by atoms with Gasteiger partial charge < -0.3 is 20.2 Å². The number of rotatable bonds is 3. The number of nitrogens with zero attached hydrogens (tertiary/aromatic N) is 3. The van der Waals surface area contributed by atoms with Gasteiger partial charge in [0, 0.05) is 54.4 Å². The Hall–Kier alpha value is -4.38. The van der Waals surface area contributed by atoms with Crippen LogP contribution in [0.1, 0.15) is 29.0 Å². The van der Waals surface area contributed by atoms with Gasteiger partial charge >= 0.3 is 12.1 Å². The molecule has 1 saturated carbocycles. The molecule has 1 saturated heterocycles. The first-order valence-corrected chi connectivity index (χ1v) is 13.7. The van der Waals surface area contributed by atoms with E-state index in [1.807, 2.05) is 6.07 Å². The molecule has 2 fully saturated rings. The highest BCUT2D eigenvalue weighted by Crippen LogP contribution is 2.65. The summed E-state index contributed by atoms with van der Waals surface area (Å²) < 4.78 is 31.7. The van der Waals surface area contributed by atoms with E-state index in [4.69, 9.17) is 9.90 Å². The van der Waals surface area contributed by atoms with Gasteiger partial charge in [0.25, 0.3) is 0 Å². The maximum absolute atomic E-state index is 13.0. The van der Waals surface area contributed by atoms with Crippen LogP contribution in [0.5, 0.6) is 0 Å². The van der Waals surface area contributed by atoms with Crippen molar-refractivity contribution < 1.29 is 27.9 Å². The molecule has 3 N–H and O–H groups in total. The number of hydrogen-bond donors (Lipinski definition) is 3. The van der Waals surface area contributed by atoms with E-state index in [9.17, 15) is 18.0 Å². The third kappa shape index (κ3) is 4.87. The van der Waals surface area contributed by atoms with E-state index < -0.39 is 17.6 Å². The minimum atomic E-state index is -5.08. The van der Waals surface area contributed by atoms with Crippen LogP contribution in [0.4, 0.5) is 24.5 Å². The number of carbonyl (C=O) groups excluding carboxylic acids is 1. The quantitative estimate of drug-likeness (QED) is 0.306. The molecule has 2 atom stereocenters. The van der Waals surface area contributed by atoms with Gasteiger partial charge in [0.2, 0.25) is 5.91 Å². The van der Waals surface area contributed by atoms with Gasteiger partial charge in [0.05, 0.1) is 16.6 Å². The Balaban J connectivity index is 0.000000405. The molecule has 2 unspecified atom stereocenters. The lowest BCUT2D eigenvalue weighted by Crippen LogP contribution is -2.44. The van der Waals surface area contributed by atoms with Crippen molar-refractivity contribution in [2.75, 3.05) is 43.4 Å². The van der Waals surface area contributed by atoms with Crippen molar-refractivity contribution in [1.29, 1.82) is 0 Å². The number of aliphatic carboxylic acids is 1. The number of aromatic amines is 1. The Bertz CT molecular complexity index is 1680. The summed E-state index contributed by atoms with van der Waals surface area (Å²) in [5, 5.41) is 19.3. The van der Waals surface area contributed by atoms with E-state index in [1.165, 1.54) is 16.8 Å². The highest BCUT2D eigenvalue weighted by molar-refractivity contribution is 6.10. The summed E-state index contributed by atoms with van der Waals surface area (Å²) in [6.45, 7) is 6.42. The van der Waals surface area contributed by atoms with Crippen molar-refractivity contribution in [3.8, 4) is 11.3 Å². The number of fused-ring (bicyclic) bond motifs is 3. The molecule has 4 aromatic rings. The maximum Gasteiger partial charge on any atom is 0.490 e. The van der Waals surface area contributed by atoms with Gasteiger partial charge in [-0.3, -0.25) is 9.89 Å². The number of amides is 1. The molecular formula is C31H30F3N5O3. The Morgan fingerprint density at radius 3 is 2.38 bits per heavy atom. The summed E-state index contributed by atoms with van der Waals surface area (Å²) in [6, 6.07) is 21.6. The molecule has 42 heavy (non-hydrogen) atoms. The largest absolute Gasteiger partial charge is 0.490 e. The number of carboxylic acid groups (broad SMARTS) is 1. The van der Waals surface area contributed by atoms with E-state index in [0.29, 0.717) is 0 Å². The number of aromatic nitrogens is 2. The van der Waals surface area contributed by atoms with Gasteiger partial charge in [-0.25, -0.2) is 4.79 Å². The average Bonchev–Trinajstić information content (AvgIpc) is 3.49. The number of nitrogens with one attached hydrogen (secondary N) is 2. The molecule has 0 bridgehead atoms. The van der Waals surface area contributed by atoms with Crippen LogP contribution in [0.2, 0.25) is 0 Å². The normalized spacial score (nSPS) is 21.6. The van der Waals surface area contributed by atoms with E-state index >= 15 is 0 Å². The highest BCUT2D eigenvalue weighted by atomic mass is 19.4. The Morgan fingerprint density at radius 2 is 1.71 bits per heavy atom. The van der Waals surface area contributed by atoms with Crippen LogP contribution < -0.4 is 10.2 Å². The second kappa shape index (κ2) is 10.2. The lowest BCUT2D eigenvalue weighted by atomic mass is 9.91. The summed E-state index contributed by atoms with van der Waals surface area (Å²) in [5.74, 6) is -2.42. The Kier molecular flexibility index (Phi) is 6.72. The first-order chi connectivity index (χ1) is 20.0. The van der Waals surface area contributed by atoms with E-state index in [2.05, 4.69) is 93.9 Å². The highest BCUT2D eigenvalue weighted by Gasteiger charge is 2.65. The van der Waals surface area contributed by atoms with Crippen LogP contribution in [-0.2, 0) is 15.0 Å². The average molecular weight is 578 g/mol. The molecule has 218 valence electrons. The first kappa shape index (κ1) is 27.8. The number of carbonyl (C=O) groups is 2. The van der Waals surface area contributed by atoms with E-state index in [1.54, 1.807) is 0 Å². The standard InChI is InChI=1S/C29H29N5O.C2HF3O2/c1-18-3-10-25-23(15-18)29(28(35)30-25)17-24(29)20-6-9-22-26(16-20)31-32-27(22)19-4-7-21(8-5-19)34-13-11-33(2)12-14-34;3-2(4,5)1(6)7/h3-10,15-16,24H,11-14,17H2,1-2H3,(H,30,35)(H,31,32);(H,6,7). The second-order valence-corrected chi connectivity index (χ2v) is 11.2. The fourth-order valence-corrected chi connectivity index (χ4v) is 6.08. The zero-order chi connectivity index (χ0) is 29.8. The number of alkyl halides is 3. The van der Waals surface area contributed by atoms with Crippen LogP contribution in [0, 0.1) is 6.92 Å². The fourth-order valence-electron chi connectivity index (χ4n) is 6.08. The molecule has 1 aliphatic carbocycles. The van der Waals surface area contributed by atoms with Crippen molar-refractivity contribution in [2.45, 2.75) is 30.9 Å². The molecule has 1 spiro atoms. The van der Waals surface area contributed by atoms with Gasteiger partial charge in [-0.15, -0.1) is 0 Å². The third-order valence-corrected chi connectivity index (χ3v) is 8.51. The lowest BCUT2D eigenvalue weighted by Gasteiger charge is -2.34. The summed E-state index contributed by atoms with van der Waals surface area (Å²) in [6.07, 6.45) is -4.23. The zero-order valence-corrected chi connectivity index (χ0v) is 23.1. The topological polar surface area (TPSA) is 102 Å². The molecule has 7 rings (SSSR count). The molecule has 3 aromatic carbocycles. The molecule has 1 aromatic heterocycles. The summed E-state index contributed by atoms with van der Waals surface area (Å²) in [5.41, 5.74) is 8.47. The number of halogens is 3. The van der Waals surface area contributed by atoms with Gasteiger partial charge in [-0.2, -0.15) is 18.3 Å². The molecule has 3 aliphatic rings.